The van der Waals surface area contributed by atoms with Gasteiger partial charge in [-0.2, -0.15) is 5.10 Å². The number of carboxylic acid groups (broad SMARTS) is 1. The summed E-state index contributed by atoms with van der Waals surface area (Å²) in [5, 5.41) is 13.9. The highest BCUT2D eigenvalue weighted by atomic mass is 35.5. The van der Waals surface area contributed by atoms with E-state index >= 15 is 0 Å². The van der Waals surface area contributed by atoms with Crippen molar-refractivity contribution in [3.63, 3.8) is 0 Å². The van der Waals surface area contributed by atoms with Crippen LogP contribution in [-0.2, 0) is 9.59 Å². The van der Waals surface area contributed by atoms with Gasteiger partial charge in [0.05, 0.1) is 11.7 Å². The molecule has 1 aromatic heterocycles. The molecule has 0 unspecified atom stereocenters. The highest BCUT2D eigenvalue weighted by molar-refractivity contribution is 6.30. The van der Waals surface area contributed by atoms with Crippen molar-refractivity contribution in [1.82, 2.24) is 19.6 Å². The van der Waals surface area contributed by atoms with Crippen LogP contribution in [0, 0.1) is 0 Å². The predicted octanol–water partition coefficient (Wildman–Crippen LogP) is 1.76. The Bertz CT molecular complexity index is 893. The maximum absolute atomic E-state index is 12.8. The molecule has 0 saturated carbocycles. The van der Waals surface area contributed by atoms with Crippen molar-refractivity contribution < 1.29 is 19.5 Å². The quantitative estimate of drug-likeness (QED) is 0.839. The third-order valence-corrected chi connectivity index (χ3v) is 4.66. The van der Waals surface area contributed by atoms with Gasteiger partial charge in [0.2, 0.25) is 5.91 Å². The normalized spacial score (nSPS) is 16.2. The van der Waals surface area contributed by atoms with Crippen molar-refractivity contribution >= 4 is 29.4 Å². The van der Waals surface area contributed by atoms with Gasteiger partial charge < -0.3 is 14.9 Å². The Labute approximate surface area is 160 Å². The Hall–Kier alpha value is -2.87. The molecule has 9 heteroatoms. The SMILES string of the molecule is C[C@H]1CN(CC(=O)N(C)CC(=O)O)C(=O)c2cc(-c3ccc(Cl)cc3)nn21. The second-order valence-electron chi connectivity index (χ2n) is 6.54. The number of aromatic nitrogens is 2. The number of carbonyl (C=O) groups excluding carboxylic acids is 2. The number of amides is 2. The summed E-state index contributed by atoms with van der Waals surface area (Å²) in [4.78, 5) is 38.3. The van der Waals surface area contributed by atoms with Gasteiger partial charge in [0.15, 0.2) is 0 Å². The van der Waals surface area contributed by atoms with Crippen LogP contribution >= 0.6 is 11.6 Å². The molecule has 0 radical (unpaired) electrons. The predicted molar refractivity (Wildman–Crippen MR) is 98.6 cm³/mol. The number of carboxylic acids is 1. The molecule has 1 aliphatic heterocycles. The molecule has 0 aliphatic carbocycles. The Morgan fingerprint density at radius 2 is 2.00 bits per heavy atom. The number of nitrogens with zero attached hydrogens (tertiary/aromatic N) is 4. The summed E-state index contributed by atoms with van der Waals surface area (Å²) < 4.78 is 1.66. The van der Waals surface area contributed by atoms with Crippen molar-refractivity contribution in [3.8, 4) is 11.3 Å². The summed E-state index contributed by atoms with van der Waals surface area (Å²) in [5.74, 6) is -1.84. The van der Waals surface area contributed by atoms with Gasteiger partial charge in [-0.1, -0.05) is 23.7 Å². The van der Waals surface area contributed by atoms with Crippen LogP contribution in [0.1, 0.15) is 23.5 Å². The summed E-state index contributed by atoms with van der Waals surface area (Å²) >= 11 is 5.91. The monoisotopic (exact) mass is 390 g/mol. The third-order valence-electron chi connectivity index (χ3n) is 4.41. The standard InChI is InChI=1S/C18H19ClN4O4/c1-11-8-22(9-16(24)21(2)10-17(25)26)18(27)15-7-14(20-23(11)15)12-3-5-13(19)6-4-12/h3-7,11H,8-10H2,1-2H3,(H,25,26)/t11-/m0/s1. The van der Waals surface area contributed by atoms with Gasteiger partial charge in [0.25, 0.3) is 5.91 Å². The molecule has 1 atom stereocenters. The molecule has 27 heavy (non-hydrogen) atoms. The number of aliphatic carboxylic acids is 1. The highest BCUT2D eigenvalue weighted by Crippen LogP contribution is 2.27. The number of carbonyl (C=O) groups is 3. The topological polar surface area (TPSA) is 95.7 Å². The van der Waals surface area contributed by atoms with Gasteiger partial charge in [-0.05, 0) is 25.1 Å². The van der Waals surface area contributed by atoms with Gasteiger partial charge in [-0.25, -0.2) is 0 Å². The molecular weight excluding hydrogens is 372 g/mol. The van der Waals surface area contributed by atoms with E-state index in [1.54, 1.807) is 22.9 Å². The van der Waals surface area contributed by atoms with Gasteiger partial charge in [0, 0.05) is 24.2 Å². The number of fused-ring (bicyclic) bond motifs is 1. The summed E-state index contributed by atoms with van der Waals surface area (Å²) in [5.41, 5.74) is 1.88. The zero-order valence-electron chi connectivity index (χ0n) is 14.9. The van der Waals surface area contributed by atoms with Crippen molar-refractivity contribution in [2.45, 2.75) is 13.0 Å². The van der Waals surface area contributed by atoms with Gasteiger partial charge in [-0.3, -0.25) is 19.1 Å². The Kier molecular flexibility index (Phi) is 5.18. The minimum absolute atomic E-state index is 0.115. The number of hydrogen-bond acceptors (Lipinski definition) is 4. The average molecular weight is 391 g/mol. The molecule has 1 aromatic carbocycles. The van der Waals surface area contributed by atoms with Crippen LogP contribution in [0.25, 0.3) is 11.3 Å². The first-order chi connectivity index (χ1) is 12.8. The fourth-order valence-electron chi connectivity index (χ4n) is 3.00. The lowest BCUT2D eigenvalue weighted by Crippen LogP contribution is -2.48. The van der Waals surface area contributed by atoms with Crippen molar-refractivity contribution in [1.29, 1.82) is 0 Å². The zero-order valence-corrected chi connectivity index (χ0v) is 15.7. The molecular formula is C18H19ClN4O4. The molecule has 0 spiro atoms. The average Bonchev–Trinajstić information content (AvgIpc) is 3.05. The first-order valence-corrected chi connectivity index (χ1v) is 8.74. The van der Waals surface area contributed by atoms with E-state index in [0.29, 0.717) is 23.0 Å². The summed E-state index contributed by atoms with van der Waals surface area (Å²) in [7, 11) is 1.40. The van der Waals surface area contributed by atoms with Crippen LogP contribution in [0.5, 0.6) is 0 Å². The van der Waals surface area contributed by atoms with Crippen LogP contribution in [0.3, 0.4) is 0 Å². The third kappa shape index (κ3) is 3.95. The minimum atomic E-state index is -1.10. The lowest BCUT2D eigenvalue weighted by molar-refractivity contribution is -0.143. The number of benzene rings is 1. The maximum atomic E-state index is 12.8. The number of hydrogen-bond donors (Lipinski definition) is 1. The molecule has 142 valence electrons. The van der Waals surface area contributed by atoms with E-state index in [4.69, 9.17) is 16.7 Å². The van der Waals surface area contributed by atoms with Gasteiger partial charge in [0.1, 0.15) is 18.8 Å². The van der Waals surface area contributed by atoms with Crippen molar-refractivity contribution in [2.75, 3.05) is 26.7 Å². The lowest BCUT2D eigenvalue weighted by atomic mass is 10.1. The second kappa shape index (κ2) is 7.40. The molecule has 2 aromatic rings. The van der Waals surface area contributed by atoms with Crippen molar-refractivity contribution in [2.24, 2.45) is 0 Å². The van der Waals surface area contributed by atoms with Gasteiger partial charge in [-0.15, -0.1) is 0 Å². The minimum Gasteiger partial charge on any atom is -0.480 e. The van der Waals surface area contributed by atoms with E-state index in [-0.39, 0.29) is 18.5 Å². The Morgan fingerprint density at radius 1 is 1.33 bits per heavy atom. The smallest absolute Gasteiger partial charge is 0.323 e. The maximum Gasteiger partial charge on any atom is 0.323 e. The molecule has 0 fully saturated rings. The van der Waals surface area contributed by atoms with Crippen LogP contribution in [0.15, 0.2) is 30.3 Å². The molecule has 1 aliphatic rings. The molecule has 2 amide bonds. The van der Waals surface area contributed by atoms with E-state index in [9.17, 15) is 14.4 Å². The summed E-state index contributed by atoms with van der Waals surface area (Å²) in [6, 6.07) is 8.74. The van der Waals surface area contributed by atoms with Gasteiger partial charge >= 0.3 is 5.97 Å². The highest BCUT2D eigenvalue weighted by Gasteiger charge is 2.32. The lowest BCUT2D eigenvalue weighted by Gasteiger charge is -2.32. The van der Waals surface area contributed by atoms with E-state index in [1.807, 2.05) is 19.1 Å². The summed E-state index contributed by atoms with van der Waals surface area (Å²) in [6.45, 7) is 1.65. The molecule has 0 bridgehead atoms. The first-order valence-electron chi connectivity index (χ1n) is 8.36. The van der Waals surface area contributed by atoms with Crippen molar-refractivity contribution in [3.05, 3.63) is 41.0 Å². The van der Waals surface area contributed by atoms with Crippen LogP contribution < -0.4 is 0 Å². The Morgan fingerprint density at radius 3 is 2.63 bits per heavy atom. The number of likely N-dealkylation sites (N-methyl/N-ethyl adjacent to an activating group) is 1. The molecule has 0 saturated heterocycles. The molecule has 2 heterocycles. The van der Waals surface area contributed by atoms with E-state index < -0.39 is 18.4 Å². The molecule has 3 rings (SSSR count). The second-order valence-corrected chi connectivity index (χ2v) is 6.98. The first kappa shape index (κ1) is 18.9. The largest absolute Gasteiger partial charge is 0.480 e. The van der Waals surface area contributed by atoms with E-state index in [0.717, 1.165) is 10.5 Å². The molecule has 1 N–H and O–H groups in total. The Balaban J connectivity index is 1.81. The summed E-state index contributed by atoms with van der Waals surface area (Å²) in [6.07, 6.45) is 0. The van der Waals surface area contributed by atoms with E-state index in [1.165, 1.54) is 11.9 Å². The fraction of sp³-hybridized carbons (Fsp3) is 0.333. The zero-order chi connectivity index (χ0) is 19.7. The van der Waals surface area contributed by atoms with Crippen LogP contribution in [0.2, 0.25) is 5.02 Å². The molecule has 8 nitrogen and oxygen atoms in total. The van der Waals surface area contributed by atoms with E-state index in [2.05, 4.69) is 5.10 Å². The fourth-order valence-corrected chi connectivity index (χ4v) is 3.13. The van der Waals surface area contributed by atoms with Crippen LogP contribution in [0.4, 0.5) is 0 Å². The number of rotatable bonds is 5. The number of halogens is 1. The van der Waals surface area contributed by atoms with Crippen LogP contribution in [-0.4, -0.2) is 69.2 Å².